The standard InChI is InChI=1S/C18H17FN4O/c19-13-6-1-11(2-7-13)3-8-14(20)17-15(21)9-10-16(22-17)23-18(24)12-4-5-12/h1-3,6-10,12,20H,4-5,21H2,(H,22,23,24)/b8-3+,20-14?. The van der Waals surface area contributed by atoms with E-state index in [1.165, 1.54) is 12.1 Å². The van der Waals surface area contributed by atoms with E-state index in [4.69, 9.17) is 11.1 Å². The van der Waals surface area contributed by atoms with Gasteiger partial charge in [0, 0.05) is 5.92 Å². The van der Waals surface area contributed by atoms with Gasteiger partial charge < -0.3 is 11.1 Å². The van der Waals surface area contributed by atoms with Gasteiger partial charge in [-0.25, -0.2) is 9.37 Å². The first kappa shape index (κ1) is 15.9. The molecule has 1 aromatic carbocycles. The summed E-state index contributed by atoms with van der Waals surface area (Å²) in [5.41, 5.74) is 7.40. The van der Waals surface area contributed by atoms with Gasteiger partial charge in [-0.3, -0.25) is 10.2 Å². The number of carbonyl (C=O) groups excluding carboxylic acids is 1. The fraction of sp³-hybridized carbons (Fsp3) is 0.167. The number of carbonyl (C=O) groups is 1. The van der Waals surface area contributed by atoms with Crippen LogP contribution in [0.4, 0.5) is 15.9 Å². The number of nitrogen functional groups attached to an aromatic ring is 1. The maximum absolute atomic E-state index is 12.9. The molecule has 0 bridgehead atoms. The molecule has 0 atom stereocenters. The van der Waals surface area contributed by atoms with Gasteiger partial charge >= 0.3 is 0 Å². The number of aromatic nitrogens is 1. The molecule has 4 N–H and O–H groups in total. The second-order valence-corrected chi connectivity index (χ2v) is 5.70. The summed E-state index contributed by atoms with van der Waals surface area (Å²) in [7, 11) is 0. The number of rotatable bonds is 5. The average Bonchev–Trinajstić information content (AvgIpc) is 3.41. The highest BCUT2D eigenvalue weighted by Crippen LogP contribution is 2.30. The highest BCUT2D eigenvalue weighted by atomic mass is 19.1. The Labute approximate surface area is 138 Å². The summed E-state index contributed by atoms with van der Waals surface area (Å²) in [5.74, 6) is 0.0977. The summed E-state index contributed by atoms with van der Waals surface area (Å²) < 4.78 is 12.9. The monoisotopic (exact) mass is 324 g/mol. The predicted molar refractivity (Wildman–Crippen MR) is 92.3 cm³/mol. The lowest BCUT2D eigenvalue weighted by Crippen LogP contribution is -2.16. The predicted octanol–water partition coefficient (Wildman–Crippen LogP) is 3.23. The lowest BCUT2D eigenvalue weighted by molar-refractivity contribution is -0.117. The Morgan fingerprint density at radius 2 is 1.96 bits per heavy atom. The largest absolute Gasteiger partial charge is 0.397 e. The number of nitrogens with zero attached hydrogens (tertiary/aromatic N) is 1. The second kappa shape index (κ2) is 6.62. The molecule has 122 valence electrons. The zero-order valence-corrected chi connectivity index (χ0v) is 12.9. The van der Waals surface area contributed by atoms with Crippen molar-refractivity contribution in [3.05, 3.63) is 59.5 Å². The third kappa shape index (κ3) is 3.84. The molecule has 1 aliphatic rings. The molecule has 0 aliphatic heterocycles. The van der Waals surface area contributed by atoms with Gasteiger partial charge in [-0.2, -0.15) is 0 Å². The molecule has 1 saturated carbocycles. The van der Waals surface area contributed by atoms with Crippen LogP contribution in [0.15, 0.2) is 42.5 Å². The van der Waals surface area contributed by atoms with Crippen LogP contribution in [-0.2, 0) is 4.79 Å². The average molecular weight is 324 g/mol. The molecule has 1 heterocycles. The van der Waals surface area contributed by atoms with Crippen molar-refractivity contribution in [2.75, 3.05) is 11.1 Å². The van der Waals surface area contributed by atoms with Crippen molar-refractivity contribution in [2.45, 2.75) is 12.8 Å². The Balaban J connectivity index is 1.75. The fourth-order valence-corrected chi connectivity index (χ4v) is 2.16. The zero-order chi connectivity index (χ0) is 17.1. The molecule has 1 aliphatic carbocycles. The molecule has 0 radical (unpaired) electrons. The SMILES string of the molecule is N=C(/C=C/c1ccc(F)cc1)c1nc(NC(=O)C2CC2)ccc1N. The van der Waals surface area contributed by atoms with E-state index in [1.54, 1.807) is 36.4 Å². The van der Waals surface area contributed by atoms with Crippen LogP contribution in [-0.4, -0.2) is 16.6 Å². The van der Waals surface area contributed by atoms with Crippen molar-refractivity contribution in [3.63, 3.8) is 0 Å². The number of nitrogens with two attached hydrogens (primary N) is 1. The molecule has 1 amide bonds. The summed E-state index contributed by atoms with van der Waals surface area (Å²) in [6, 6.07) is 9.17. The summed E-state index contributed by atoms with van der Waals surface area (Å²) in [4.78, 5) is 16.1. The Morgan fingerprint density at radius 1 is 1.25 bits per heavy atom. The van der Waals surface area contributed by atoms with Crippen LogP contribution >= 0.6 is 0 Å². The molecule has 0 unspecified atom stereocenters. The van der Waals surface area contributed by atoms with E-state index in [0.717, 1.165) is 18.4 Å². The normalized spacial score (nSPS) is 13.9. The molecular formula is C18H17FN4O. The first-order valence-corrected chi connectivity index (χ1v) is 7.63. The van der Waals surface area contributed by atoms with Crippen LogP contribution in [0.3, 0.4) is 0 Å². The number of nitrogens with one attached hydrogen (secondary N) is 2. The Kier molecular flexibility index (Phi) is 4.37. The fourth-order valence-electron chi connectivity index (χ4n) is 2.16. The summed E-state index contributed by atoms with van der Waals surface area (Å²) in [6.45, 7) is 0. The van der Waals surface area contributed by atoms with E-state index in [1.807, 2.05) is 0 Å². The molecule has 0 saturated heterocycles. The van der Waals surface area contributed by atoms with Crippen molar-refractivity contribution in [2.24, 2.45) is 5.92 Å². The molecule has 0 spiro atoms. The lowest BCUT2D eigenvalue weighted by atomic mass is 10.1. The maximum atomic E-state index is 12.9. The van der Waals surface area contributed by atoms with E-state index in [9.17, 15) is 9.18 Å². The molecule has 2 aromatic rings. The molecule has 5 nitrogen and oxygen atoms in total. The maximum Gasteiger partial charge on any atom is 0.228 e. The molecular weight excluding hydrogens is 307 g/mol. The number of pyridine rings is 1. The van der Waals surface area contributed by atoms with Crippen LogP contribution in [0.25, 0.3) is 6.08 Å². The summed E-state index contributed by atoms with van der Waals surface area (Å²) >= 11 is 0. The van der Waals surface area contributed by atoms with Crippen LogP contribution in [0.2, 0.25) is 0 Å². The number of amides is 1. The molecule has 6 heteroatoms. The zero-order valence-electron chi connectivity index (χ0n) is 12.9. The quantitative estimate of drug-likeness (QED) is 0.737. The van der Waals surface area contributed by atoms with Gasteiger partial charge in [-0.05, 0) is 48.7 Å². The minimum atomic E-state index is -0.313. The minimum Gasteiger partial charge on any atom is -0.397 e. The highest BCUT2D eigenvalue weighted by Gasteiger charge is 2.29. The first-order chi connectivity index (χ1) is 11.5. The smallest absolute Gasteiger partial charge is 0.228 e. The topological polar surface area (TPSA) is 91.9 Å². The Bertz CT molecular complexity index is 810. The van der Waals surface area contributed by atoms with Gasteiger partial charge in [-0.15, -0.1) is 0 Å². The molecule has 1 aromatic heterocycles. The Morgan fingerprint density at radius 3 is 2.62 bits per heavy atom. The van der Waals surface area contributed by atoms with E-state index in [-0.39, 0.29) is 23.4 Å². The summed E-state index contributed by atoms with van der Waals surface area (Å²) in [5, 5.41) is 10.9. The highest BCUT2D eigenvalue weighted by molar-refractivity contribution is 6.10. The minimum absolute atomic E-state index is 0.0494. The number of halogens is 1. The third-order valence-electron chi connectivity index (χ3n) is 3.69. The van der Waals surface area contributed by atoms with Crippen molar-refractivity contribution in [3.8, 4) is 0 Å². The van der Waals surface area contributed by atoms with E-state index >= 15 is 0 Å². The van der Waals surface area contributed by atoms with E-state index < -0.39 is 0 Å². The second-order valence-electron chi connectivity index (χ2n) is 5.70. The van der Waals surface area contributed by atoms with Crippen molar-refractivity contribution < 1.29 is 9.18 Å². The van der Waals surface area contributed by atoms with Gasteiger partial charge in [0.05, 0.1) is 11.4 Å². The van der Waals surface area contributed by atoms with Crippen LogP contribution in [0, 0.1) is 17.1 Å². The van der Waals surface area contributed by atoms with E-state index in [2.05, 4.69) is 10.3 Å². The van der Waals surface area contributed by atoms with Gasteiger partial charge in [0.25, 0.3) is 0 Å². The van der Waals surface area contributed by atoms with Crippen LogP contribution in [0.5, 0.6) is 0 Å². The first-order valence-electron chi connectivity index (χ1n) is 7.63. The molecule has 3 rings (SSSR count). The van der Waals surface area contributed by atoms with Crippen molar-refractivity contribution in [1.29, 1.82) is 5.41 Å². The van der Waals surface area contributed by atoms with E-state index in [0.29, 0.717) is 17.2 Å². The summed E-state index contributed by atoms with van der Waals surface area (Å²) in [6.07, 6.45) is 5.03. The Hall–Kier alpha value is -3.02. The lowest BCUT2D eigenvalue weighted by Gasteiger charge is -2.08. The number of anilines is 2. The van der Waals surface area contributed by atoms with Crippen molar-refractivity contribution >= 4 is 29.2 Å². The number of benzene rings is 1. The van der Waals surface area contributed by atoms with Gasteiger partial charge in [0.1, 0.15) is 17.3 Å². The number of hydrogen-bond acceptors (Lipinski definition) is 4. The van der Waals surface area contributed by atoms with Crippen LogP contribution in [0.1, 0.15) is 24.1 Å². The number of hydrogen-bond donors (Lipinski definition) is 3. The molecule has 24 heavy (non-hydrogen) atoms. The van der Waals surface area contributed by atoms with Gasteiger partial charge in [0.2, 0.25) is 5.91 Å². The van der Waals surface area contributed by atoms with Crippen LogP contribution < -0.4 is 11.1 Å². The van der Waals surface area contributed by atoms with Gasteiger partial charge in [0.15, 0.2) is 0 Å². The third-order valence-corrected chi connectivity index (χ3v) is 3.69. The number of allylic oxidation sites excluding steroid dienone is 1. The molecule has 1 fully saturated rings. The van der Waals surface area contributed by atoms with Gasteiger partial charge in [-0.1, -0.05) is 18.2 Å². The van der Waals surface area contributed by atoms with Crippen molar-refractivity contribution in [1.82, 2.24) is 4.98 Å².